The van der Waals surface area contributed by atoms with E-state index in [1.165, 1.54) is 16.5 Å². The molecule has 2 N–H and O–H groups in total. The van der Waals surface area contributed by atoms with Crippen molar-refractivity contribution in [3.63, 3.8) is 0 Å². The molecule has 0 aliphatic rings. The van der Waals surface area contributed by atoms with Crippen molar-refractivity contribution in [3.05, 3.63) is 72.8 Å². The Balaban J connectivity index is 0. The summed E-state index contributed by atoms with van der Waals surface area (Å²) < 4.78 is 27.6. The number of ether oxygens (including phenoxy) is 1. The second kappa shape index (κ2) is 19.7. The molecule has 0 aliphatic carbocycles. The predicted molar refractivity (Wildman–Crippen MR) is 141 cm³/mol. The Labute approximate surface area is 270 Å². The van der Waals surface area contributed by atoms with Crippen LogP contribution in [0.2, 0.25) is 0 Å². The van der Waals surface area contributed by atoms with Crippen LogP contribution in [-0.2, 0) is 12.1 Å². The van der Waals surface area contributed by atoms with Crippen LogP contribution in [0.1, 0.15) is 50.3 Å². The summed E-state index contributed by atoms with van der Waals surface area (Å²) in [5.74, 6) is 0.918. The molecular weight excluding hydrogens is 567 g/mol. The van der Waals surface area contributed by atoms with Gasteiger partial charge in [-0.3, -0.25) is 13.7 Å². The minimum absolute atomic E-state index is 0. The summed E-state index contributed by atoms with van der Waals surface area (Å²) >= 11 is 0. The number of rotatable bonds is 9. The average molecular weight is 611 g/mol. The standard InChI is InChI=1S/C17H25FN2O.C9H12O.CH3F.CH3.Cs/c1-4-9-20(10-5-7-18)12-15-14-6-8-19-17(14)13(2)11-16(15)21-3;1-9(2,10)8-6-4-3-5-7-8;1-2;;/h6,8,11,19H,4-5,7,9-10,12H2,1-3H3;3-7,10H,1-2H3;1H3;1H3;/q;;;-1;+1. The molecule has 0 unspecified atom stereocenters. The van der Waals surface area contributed by atoms with E-state index in [9.17, 15) is 13.9 Å². The van der Waals surface area contributed by atoms with Crippen LogP contribution in [0.4, 0.5) is 8.78 Å². The maximum Gasteiger partial charge on any atom is 1.00 e. The molecule has 0 aliphatic heterocycles. The number of hydrogen-bond donors (Lipinski definition) is 2. The molecule has 0 saturated carbocycles. The zero-order valence-corrected chi connectivity index (χ0v) is 29.2. The minimum Gasteiger partial charge on any atom is -0.496 e. The van der Waals surface area contributed by atoms with Gasteiger partial charge in [-0.05, 0) is 63.4 Å². The summed E-state index contributed by atoms with van der Waals surface area (Å²) in [5.41, 5.74) is 3.78. The molecule has 4 nitrogen and oxygen atoms in total. The minimum atomic E-state index is -0.707. The Morgan fingerprint density at radius 3 is 2.20 bits per heavy atom. The summed E-state index contributed by atoms with van der Waals surface area (Å²) in [4.78, 5) is 5.60. The Hall–Kier alpha value is -0.388. The van der Waals surface area contributed by atoms with E-state index in [1.807, 2.05) is 36.5 Å². The monoisotopic (exact) mass is 610 g/mol. The molecule has 0 fully saturated rings. The second-order valence-electron chi connectivity index (χ2n) is 8.38. The van der Waals surface area contributed by atoms with Gasteiger partial charge in [-0.2, -0.15) is 0 Å². The molecule has 0 bridgehead atoms. The van der Waals surface area contributed by atoms with Gasteiger partial charge in [0.2, 0.25) is 0 Å². The normalized spacial score (nSPS) is 10.3. The number of halogens is 2. The summed E-state index contributed by atoms with van der Waals surface area (Å²) in [6, 6.07) is 13.8. The van der Waals surface area contributed by atoms with Crippen molar-refractivity contribution < 1.29 is 87.5 Å². The van der Waals surface area contributed by atoms with Gasteiger partial charge in [0.15, 0.2) is 0 Å². The van der Waals surface area contributed by atoms with Crippen molar-refractivity contribution in [2.75, 3.05) is 34.1 Å². The molecule has 0 atom stereocenters. The summed E-state index contributed by atoms with van der Waals surface area (Å²) in [6.45, 7) is 10.1. The molecule has 2 aromatic carbocycles. The topological polar surface area (TPSA) is 48.5 Å². The Bertz CT molecular complexity index is 928. The molecule has 3 aromatic rings. The molecule has 0 amide bonds. The van der Waals surface area contributed by atoms with Crippen LogP contribution < -0.4 is 73.6 Å². The number of nitrogens with zero attached hydrogens (tertiary/aromatic N) is 1. The molecular formula is C28H43CsF2N2O2. The van der Waals surface area contributed by atoms with Crippen LogP contribution in [0.3, 0.4) is 0 Å². The van der Waals surface area contributed by atoms with Gasteiger partial charge in [0, 0.05) is 35.8 Å². The molecule has 1 aromatic heterocycles. The van der Waals surface area contributed by atoms with Gasteiger partial charge in [-0.25, -0.2) is 0 Å². The van der Waals surface area contributed by atoms with Crippen molar-refractivity contribution in [2.24, 2.45) is 0 Å². The van der Waals surface area contributed by atoms with Gasteiger partial charge in [-0.15, -0.1) is 0 Å². The molecule has 0 radical (unpaired) electrons. The smallest absolute Gasteiger partial charge is 0.496 e. The zero-order valence-electron chi connectivity index (χ0n) is 22.9. The van der Waals surface area contributed by atoms with Crippen LogP contribution >= 0.6 is 0 Å². The van der Waals surface area contributed by atoms with E-state index in [-0.39, 0.29) is 83.0 Å². The number of aromatic amines is 1. The molecule has 192 valence electrons. The third-order valence-corrected chi connectivity index (χ3v) is 5.34. The largest absolute Gasteiger partial charge is 1.00 e. The molecule has 3 rings (SSSR count). The van der Waals surface area contributed by atoms with Crippen molar-refractivity contribution in [2.45, 2.75) is 52.7 Å². The van der Waals surface area contributed by atoms with E-state index in [0.717, 1.165) is 42.9 Å². The molecule has 35 heavy (non-hydrogen) atoms. The molecule has 0 saturated heterocycles. The van der Waals surface area contributed by atoms with E-state index in [1.54, 1.807) is 21.0 Å². The second-order valence-corrected chi connectivity index (χ2v) is 8.38. The van der Waals surface area contributed by atoms with E-state index in [0.29, 0.717) is 13.6 Å². The third kappa shape index (κ3) is 12.1. The quantitative estimate of drug-likeness (QED) is 0.361. The van der Waals surface area contributed by atoms with Crippen LogP contribution in [0.5, 0.6) is 5.75 Å². The van der Waals surface area contributed by atoms with Crippen LogP contribution in [0.25, 0.3) is 10.9 Å². The summed E-state index contributed by atoms with van der Waals surface area (Å²) in [7, 11) is 2.21. The van der Waals surface area contributed by atoms with Gasteiger partial charge in [0.05, 0.1) is 26.6 Å². The van der Waals surface area contributed by atoms with Gasteiger partial charge in [0.1, 0.15) is 5.75 Å². The maximum atomic E-state index is 12.5. The molecule has 0 spiro atoms. The number of nitrogens with one attached hydrogen (secondary N) is 1. The van der Waals surface area contributed by atoms with Crippen molar-refractivity contribution in [1.29, 1.82) is 0 Å². The number of fused-ring (bicyclic) bond motifs is 1. The van der Waals surface area contributed by atoms with Crippen molar-refractivity contribution in [1.82, 2.24) is 9.88 Å². The number of alkyl halides is 2. The van der Waals surface area contributed by atoms with E-state index < -0.39 is 5.60 Å². The van der Waals surface area contributed by atoms with Crippen molar-refractivity contribution in [3.8, 4) is 5.75 Å². The maximum absolute atomic E-state index is 12.5. The molecule has 7 heteroatoms. The fourth-order valence-electron chi connectivity index (χ4n) is 3.72. The van der Waals surface area contributed by atoms with Gasteiger partial charge in [0.25, 0.3) is 0 Å². The Kier molecular flexibility index (Phi) is 20.7. The van der Waals surface area contributed by atoms with Crippen LogP contribution in [-0.4, -0.2) is 49.0 Å². The Morgan fingerprint density at radius 1 is 1.09 bits per heavy atom. The molecule has 1 heterocycles. The number of aliphatic hydroxyl groups is 1. The third-order valence-electron chi connectivity index (χ3n) is 5.34. The Morgan fingerprint density at radius 2 is 1.71 bits per heavy atom. The van der Waals surface area contributed by atoms with Crippen LogP contribution in [0.15, 0.2) is 48.7 Å². The summed E-state index contributed by atoms with van der Waals surface area (Å²) in [6.07, 6.45) is 3.62. The number of benzene rings is 2. The number of aromatic nitrogens is 1. The van der Waals surface area contributed by atoms with Crippen molar-refractivity contribution >= 4 is 10.9 Å². The first-order chi connectivity index (χ1) is 15.8. The predicted octanol–water partition coefficient (Wildman–Crippen LogP) is 4.01. The van der Waals surface area contributed by atoms with Gasteiger partial charge < -0.3 is 22.3 Å². The van der Waals surface area contributed by atoms with Gasteiger partial charge >= 0.3 is 68.9 Å². The first-order valence-corrected chi connectivity index (χ1v) is 11.4. The van der Waals surface area contributed by atoms with E-state index in [4.69, 9.17) is 4.74 Å². The number of hydrogen-bond acceptors (Lipinski definition) is 3. The SMILES string of the molecule is CC(C)(O)c1ccccc1.CCCN(CCCF)Cc1c(OC)cc(C)c2[nH]ccc12.CF.[CH3-].[Cs+]. The first-order valence-electron chi connectivity index (χ1n) is 11.4. The van der Waals surface area contributed by atoms with Crippen LogP contribution in [0, 0.1) is 14.4 Å². The number of H-pyrrole nitrogens is 1. The van der Waals surface area contributed by atoms with Gasteiger partial charge in [-0.1, -0.05) is 37.3 Å². The van der Waals surface area contributed by atoms with E-state index in [2.05, 4.69) is 35.9 Å². The van der Waals surface area contributed by atoms with E-state index >= 15 is 0 Å². The number of methoxy groups -OCH3 is 1. The number of aryl methyl sites for hydroxylation is 1. The fraction of sp³-hybridized carbons (Fsp3) is 0.464. The average Bonchev–Trinajstić information content (AvgIpc) is 3.32. The first kappa shape index (κ1) is 36.8. The fourth-order valence-corrected chi connectivity index (χ4v) is 3.72. The zero-order chi connectivity index (χ0) is 24.9. The summed E-state index contributed by atoms with van der Waals surface area (Å²) in [5, 5.41) is 10.7.